The van der Waals surface area contributed by atoms with E-state index >= 15 is 0 Å². The third kappa shape index (κ3) is 2.43. The minimum atomic E-state index is 0.00522. The van der Waals surface area contributed by atoms with Crippen molar-refractivity contribution in [1.82, 2.24) is 0 Å². The van der Waals surface area contributed by atoms with Crippen molar-refractivity contribution in [1.29, 1.82) is 0 Å². The molecule has 2 aromatic rings. The zero-order valence-electron chi connectivity index (χ0n) is 10.9. The van der Waals surface area contributed by atoms with Crippen LogP contribution in [-0.2, 0) is 4.74 Å². The van der Waals surface area contributed by atoms with Crippen molar-refractivity contribution in [3.8, 4) is 5.75 Å². The van der Waals surface area contributed by atoms with Crippen molar-refractivity contribution in [3.05, 3.63) is 42.5 Å². The highest BCUT2D eigenvalue weighted by atomic mass is 35.5. The van der Waals surface area contributed by atoms with Gasteiger partial charge < -0.3 is 9.47 Å². The van der Waals surface area contributed by atoms with Gasteiger partial charge in [-0.3, -0.25) is 0 Å². The highest BCUT2D eigenvalue weighted by molar-refractivity contribution is 6.21. The molecule has 0 aromatic heterocycles. The fourth-order valence-corrected chi connectivity index (χ4v) is 2.92. The average Bonchev–Trinajstić information content (AvgIpc) is 2.45. The Kier molecular flexibility index (Phi) is 3.63. The molecule has 0 aliphatic heterocycles. The van der Waals surface area contributed by atoms with Gasteiger partial charge in [0.2, 0.25) is 0 Å². The van der Waals surface area contributed by atoms with Gasteiger partial charge in [-0.25, -0.2) is 0 Å². The maximum Gasteiger partial charge on any atom is 0.128 e. The Balaban J connectivity index is 1.82. The second-order valence-corrected chi connectivity index (χ2v) is 5.37. The number of benzene rings is 2. The van der Waals surface area contributed by atoms with Gasteiger partial charge in [-0.15, -0.1) is 11.6 Å². The van der Waals surface area contributed by atoms with Gasteiger partial charge in [0.1, 0.15) is 18.0 Å². The Morgan fingerprint density at radius 1 is 1.16 bits per heavy atom. The smallest absolute Gasteiger partial charge is 0.128 e. The van der Waals surface area contributed by atoms with E-state index in [1.165, 1.54) is 5.39 Å². The molecule has 1 aliphatic carbocycles. The lowest BCUT2D eigenvalue weighted by molar-refractivity contribution is -0.0754. The summed E-state index contributed by atoms with van der Waals surface area (Å²) in [7, 11) is 0. The molecule has 1 fully saturated rings. The predicted molar refractivity (Wildman–Crippen MR) is 78.0 cm³/mol. The molecular weight excluding hydrogens is 260 g/mol. The largest absolute Gasteiger partial charge is 0.487 e. The van der Waals surface area contributed by atoms with E-state index in [0.29, 0.717) is 6.61 Å². The fourth-order valence-electron chi connectivity index (χ4n) is 2.51. The fraction of sp³-hybridized carbons (Fsp3) is 0.375. The van der Waals surface area contributed by atoms with Gasteiger partial charge in [-0.1, -0.05) is 36.4 Å². The number of hydrogen-bond donors (Lipinski definition) is 0. The molecule has 3 rings (SSSR count). The molecule has 0 N–H and O–H groups in total. The first-order chi connectivity index (χ1) is 9.29. The molecule has 1 aliphatic rings. The Hall–Kier alpha value is -1.25. The normalized spacial score (nSPS) is 26.1. The van der Waals surface area contributed by atoms with Crippen LogP contribution in [0.2, 0.25) is 0 Å². The first-order valence-electron chi connectivity index (χ1n) is 6.69. The van der Waals surface area contributed by atoms with Gasteiger partial charge in [0.15, 0.2) is 0 Å². The monoisotopic (exact) mass is 276 g/mol. The molecule has 0 saturated heterocycles. The molecule has 3 heteroatoms. The number of halogens is 1. The highest BCUT2D eigenvalue weighted by Crippen LogP contribution is 2.35. The maximum atomic E-state index is 6.17. The molecule has 2 aromatic carbocycles. The maximum absolute atomic E-state index is 6.17. The molecule has 0 spiro atoms. The molecule has 2 nitrogen and oxygen atoms in total. The van der Waals surface area contributed by atoms with Crippen LogP contribution >= 0.6 is 11.6 Å². The van der Waals surface area contributed by atoms with E-state index in [1.54, 1.807) is 0 Å². The van der Waals surface area contributed by atoms with Gasteiger partial charge in [-0.2, -0.15) is 0 Å². The van der Waals surface area contributed by atoms with Crippen LogP contribution < -0.4 is 4.74 Å². The first kappa shape index (κ1) is 12.8. The number of hydrogen-bond acceptors (Lipinski definition) is 2. The van der Waals surface area contributed by atoms with Crippen molar-refractivity contribution < 1.29 is 9.47 Å². The molecule has 100 valence electrons. The van der Waals surface area contributed by atoms with Gasteiger partial charge in [0.25, 0.3) is 0 Å². The van der Waals surface area contributed by atoms with E-state index in [1.807, 2.05) is 31.2 Å². The summed E-state index contributed by atoms with van der Waals surface area (Å²) < 4.78 is 11.7. The minimum absolute atomic E-state index is 0.00522. The van der Waals surface area contributed by atoms with Crippen LogP contribution in [0.4, 0.5) is 0 Å². The average molecular weight is 277 g/mol. The van der Waals surface area contributed by atoms with Crippen molar-refractivity contribution >= 4 is 22.4 Å². The van der Waals surface area contributed by atoms with Gasteiger partial charge in [0.05, 0.1) is 5.38 Å². The molecular formula is C16H17ClO2. The number of fused-ring (bicyclic) bond motifs is 1. The standard InChI is InChI=1S/C16H17ClO2/c1-2-18-16-13(17)10-15(16)19-14-9-5-7-11-6-3-4-8-12(11)14/h3-9,13,15-16H,2,10H2,1H3. The van der Waals surface area contributed by atoms with E-state index in [0.717, 1.165) is 17.6 Å². The summed E-state index contributed by atoms with van der Waals surface area (Å²) in [5.74, 6) is 0.913. The second-order valence-electron chi connectivity index (χ2n) is 4.81. The highest BCUT2D eigenvalue weighted by Gasteiger charge is 2.42. The van der Waals surface area contributed by atoms with E-state index < -0.39 is 0 Å². The van der Waals surface area contributed by atoms with Crippen LogP contribution in [0.1, 0.15) is 13.3 Å². The Labute approximate surface area is 118 Å². The first-order valence-corrected chi connectivity index (χ1v) is 7.13. The topological polar surface area (TPSA) is 18.5 Å². The molecule has 3 atom stereocenters. The van der Waals surface area contributed by atoms with Crippen molar-refractivity contribution in [2.45, 2.75) is 30.9 Å². The van der Waals surface area contributed by atoms with Crippen LogP contribution in [0.3, 0.4) is 0 Å². The molecule has 19 heavy (non-hydrogen) atoms. The van der Waals surface area contributed by atoms with E-state index in [2.05, 4.69) is 18.2 Å². The Morgan fingerprint density at radius 3 is 2.74 bits per heavy atom. The lowest BCUT2D eigenvalue weighted by atomic mass is 9.90. The molecule has 0 radical (unpaired) electrons. The SMILES string of the molecule is CCOC1C(Cl)CC1Oc1cccc2ccccc12. The molecule has 0 heterocycles. The molecule has 3 unspecified atom stereocenters. The van der Waals surface area contributed by atoms with Crippen LogP contribution in [0.5, 0.6) is 5.75 Å². The predicted octanol–water partition coefficient (Wildman–Crippen LogP) is 4.00. The van der Waals surface area contributed by atoms with Crippen molar-refractivity contribution in [3.63, 3.8) is 0 Å². The second kappa shape index (κ2) is 5.40. The zero-order valence-corrected chi connectivity index (χ0v) is 11.6. The van der Waals surface area contributed by atoms with Crippen LogP contribution in [-0.4, -0.2) is 24.2 Å². The van der Waals surface area contributed by atoms with E-state index in [-0.39, 0.29) is 17.6 Å². The summed E-state index contributed by atoms with van der Waals surface area (Å²) in [4.78, 5) is 0. The Morgan fingerprint density at radius 2 is 1.95 bits per heavy atom. The quantitative estimate of drug-likeness (QED) is 0.786. The van der Waals surface area contributed by atoms with Crippen molar-refractivity contribution in [2.75, 3.05) is 6.61 Å². The minimum Gasteiger partial charge on any atom is -0.487 e. The van der Waals surface area contributed by atoms with Crippen LogP contribution in [0.25, 0.3) is 10.8 Å². The Bertz CT molecular complexity index is 564. The van der Waals surface area contributed by atoms with Gasteiger partial charge >= 0.3 is 0 Å². The summed E-state index contributed by atoms with van der Waals surface area (Å²) in [6, 6.07) is 14.3. The lowest BCUT2D eigenvalue weighted by Gasteiger charge is -2.40. The van der Waals surface area contributed by atoms with Crippen LogP contribution in [0.15, 0.2) is 42.5 Å². The number of ether oxygens (including phenoxy) is 2. The van der Waals surface area contributed by atoms with Gasteiger partial charge in [0, 0.05) is 18.4 Å². The third-order valence-electron chi connectivity index (χ3n) is 3.57. The van der Waals surface area contributed by atoms with Crippen LogP contribution in [0, 0.1) is 0 Å². The molecule has 0 amide bonds. The van der Waals surface area contributed by atoms with Crippen molar-refractivity contribution in [2.24, 2.45) is 0 Å². The summed E-state index contributed by atoms with van der Waals surface area (Å²) >= 11 is 6.17. The van der Waals surface area contributed by atoms with E-state index in [4.69, 9.17) is 21.1 Å². The molecule has 0 bridgehead atoms. The molecule has 1 saturated carbocycles. The third-order valence-corrected chi connectivity index (χ3v) is 3.99. The summed E-state index contributed by atoms with van der Waals surface area (Å²) in [6.45, 7) is 2.65. The summed E-state index contributed by atoms with van der Waals surface area (Å²) in [5.41, 5.74) is 0. The number of alkyl halides is 1. The van der Waals surface area contributed by atoms with E-state index in [9.17, 15) is 0 Å². The summed E-state index contributed by atoms with van der Waals surface area (Å²) in [5, 5.41) is 2.40. The zero-order chi connectivity index (χ0) is 13.2. The lowest BCUT2D eigenvalue weighted by Crippen LogP contribution is -2.52. The van der Waals surface area contributed by atoms with Gasteiger partial charge in [-0.05, 0) is 18.4 Å². The summed E-state index contributed by atoms with van der Waals surface area (Å²) in [6.07, 6.45) is 0.911. The number of rotatable bonds is 4.